The van der Waals surface area contributed by atoms with E-state index in [0.29, 0.717) is 0 Å². The zero-order valence-electron chi connectivity index (χ0n) is 10.6. The maximum atomic E-state index is 10.3. The topological polar surface area (TPSA) is 29.5 Å². The van der Waals surface area contributed by atoms with E-state index >= 15 is 0 Å². The van der Waals surface area contributed by atoms with Crippen LogP contribution < -0.4 is 4.74 Å². The van der Waals surface area contributed by atoms with E-state index in [0.717, 1.165) is 35.3 Å². The van der Waals surface area contributed by atoms with Gasteiger partial charge < -0.3 is 9.84 Å². The molecule has 1 aromatic carbocycles. The number of ether oxygens (including phenoxy) is 1. The molecule has 0 spiro atoms. The van der Waals surface area contributed by atoms with E-state index in [1.807, 2.05) is 23.9 Å². The van der Waals surface area contributed by atoms with Gasteiger partial charge >= 0.3 is 0 Å². The molecule has 98 valence electrons. The third kappa shape index (κ3) is 2.52. The van der Waals surface area contributed by atoms with Crippen molar-refractivity contribution in [2.45, 2.75) is 43.5 Å². The highest BCUT2D eigenvalue weighted by Gasteiger charge is 2.22. The standard InChI is InChI=1S/C15H20O2S/c16-14(10-18-12-5-1-2-6-12)13-7-3-4-11-8-9-17-15(11)13/h3-4,7,12,14,16H,1-2,5-6,8-10H2. The molecule has 1 heterocycles. The summed E-state index contributed by atoms with van der Waals surface area (Å²) in [6, 6.07) is 6.14. The Bertz CT molecular complexity index is 413. The average Bonchev–Trinajstić information content (AvgIpc) is 3.05. The minimum atomic E-state index is -0.386. The fourth-order valence-electron chi connectivity index (χ4n) is 2.88. The van der Waals surface area contributed by atoms with Crippen LogP contribution in [0, 0.1) is 0 Å². The van der Waals surface area contributed by atoms with Crippen LogP contribution in [0.1, 0.15) is 42.9 Å². The van der Waals surface area contributed by atoms with E-state index in [9.17, 15) is 5.11 Å². The molecular weight excluding hydrogens is 244 g/mol. The highest BCUT2D eigenvalue weighted by molar-refractivity contribution is 7.99. The van der Waals surface area contributed by atoms with Crippen molar-refractivity contribution >= 4 is 11.8 Å². The van der Waals surface area contributed by atoms with Crippen molar-refractivity contribution in [2.75, 3.05) is 12.4 Å². The minimum absolute atomic E-state index is 0.386. The Morgan fingerprint density at radius 2 is 2.17 bits per heavy atom. The van der Waals surface area contributed by atoms with Gasteiger partial charge in [-0.25, -0.2) is 0 Å². The van der Waals surface area contributed by atoms with Crippen LogP contribution in [-0.4, -0.2) is 22.7 Å². The molecule has 0 saturated heterocycles. The van der Waals surface area contributed by atoms with Gasteiger partial charge in [-0.05, 0) is 18.4 Å². The van der Waals surface area contributed by atoms with Gasteiger partial charge in [-0.15, -0.1) is 0 Å². The summed E-state index contributed by atoms with van der Waals surface area (Å²) in [5, 5.41) is 11.1. The number of aliphatic hydroxyl groups excluding tert-OH is 1. The van der Waals surface area contributed by atoms with Crippen molar-refractivity contribution in [2.24, 2.45) is 0 Å². The predicted octanol–water partition coefficient (Wildman–Crippen LogP) is 3.33. The summed E-state index contributed by atoms with van der Waals surface area (Å²) >= 11 is 1.93. The van der Waals surface area contributed by atoms with E-state index in [1.54, 1.807) is 0 Å². The molecule has 1 unspecified atom stereocenters. The van der Waals surface area contributed by atoms with Gasteiger partial charge in [-0.2, -0.15) is 11.8 Å². The van der Waals surface area contributed by atoms with Crippen LogP contribution in [-0.2, 0) is 6.42 Å². The van der Waals surface area contributed by atoms with Crippen LogP contribution in [0.3, 0.4) is 0 Å². The molecule has 1 atom stereocenters. The molecule has 1 N–H and O–H groups in total. The first-order chi connectivity index (χ1) is 8.84. The summed E-state index contributed by atoms with van der Waals surface area (Å²) < 4.78 is 5.65. The van der Waals surface area contributed by atoms with Crippen LogP contribution in [0.15, 0.2) is 18.2 Å². The Morgan fingerprint density at radius 3 is 3.00 bits per heavy atom. The molecule has 1 aliphatic heterocycles. The van der Waals surface area contributed by atoms with Gasteiger partial charge in [-0.3, -0.25) is 0 Å². The van der Waals surface area contributed by atoms with Gasteiger partial charge in [0, 0.05) is 23.0 Å². The molecule has 0 radical (unpaired) electrons. The monoisotopic (exact) mass is 264 g/mol. The molecule has 2 aliphatic rings. The molecule has 0 amide bonds. The highest BCUT2D eigenvalue weighted by atomic mass is 32.2. The molecule has 3 heteroatoms. The van der Waals surface area contributed by atoms with Gasteiger partial charge in [0.05, 0.1) is 12.7 Å². The average molecular weight is 264 g/mol. The molecule has 1 aromatic rings. The lowest BCUT2D eigenvalue weighted by Gasteiger charge is -2.16. The van der Waals surface area contributed by atoms with Gasteiger partial charge in [0.15, 0.2) is 0 Å². The minimum Gasteiger partial charge on any atom is -0.493 e. The lowest BCUT2D eigenvalue weighted by atomic mass is 10.0. The fraction of sp³-hybridized carbons (Fsp3) is 0.600. The molecule has 2 nitrogen and oxygen atoms in total. The zero-order chi connectivity index (χ0) is 12.4. The Kier molecular flexibility index (Phi) is 3.80. The number of hydrogen-bond acceptors (Lipinski definition) is 3. The van der Waals surface area contributed by atoms with Crippen molar-refractivity contribution in [3.05, 3.63) is 29.3 Å². The number of aliphatic hydroxyl groups is 1. The Balaban J connectivity index is 1.65. The van der Waals surface area contributed by atoms with E-state index in [1.165, 1.54) is 31.2 Å². The van der Waals surface area contributed by atoms with Crippen LogP contribution in [0.2, 0.25) is 0 Å². The van der Waals surface area contributed by atoms with Crippen molar-refractivity contribution in [3.63, 3.8) is 0 Å². The van der Waals surface area contributed by atoms with Crippen LogP contribution >= 0.6 is 11.8 Å². The SMILES string of the molecule is OC(CSC1CCCC1)c1cccc2c1OCC2. The third-order valence-electron chi connectivity index (χ3n) is 3.90. The van der Waals surface area contributed by atoms with E-state index in [2.05, 4.69) is 6.07 Å². The van der Waals surface area contributed by atoms with Gasteiger partial charge in [-0.1, -0.05) is 31.0 Å². The maximum absolute atomic E-state index is 10.3. The van der Waals surface area contributed by atoms with Gasteiger partial charge in [0.1, 0.15) is 5.75 Å². The summed E-state index contributed by atoms with van der Waals surface area (Å²) in [5.41, 5.74) is 2.23. The number of hydrogen-bond donors (Lipinski definition) is 1. The van der Waals surface area contributed by atoms with Crippen molar-refractivity contribution in [3.8, 4) is 5.75 Å². The summed E-state index contributed by atoms with van der Waals surface area (Å²) in [7, 11) is 0. The summed E-state index contributed by atoms with van der Waals surface area (Å²) in [6.07, 6.45) is 5.95. The number of fused-ring (bicyclic) bond motifs is 1. The number of thioether (sulfide) groups is 1. The smallest absolute Gasteiger partial charge is 0.128 e. The van der Waals surface area contributed by atoms with Crippen LogP contribution in [0.5, 0.6) is 5.75 Å². The Labute approximate surface area is 113 Å². The van der Waals surface area contributed by atoms with Crippen molar-refractivity contribution < 1.29 is 9.84 Å². The number of para-hydroxylation sites is 1. The summed E-state index contributed by atoms with van der Waals surface area (Å²) in [6.45, 7) is 0.759. The number of benzene rings is 1. The summed E-state index contributed by atoms with van der Waals surface area (Å²) in [5.74, 6) is 1.74. The second-order valence-corrected chi connectivity index (χ2v) is 6.52. The van der Waals surface area contributed by atoms with Crippen molar-refractivity contribution in [1.82, 2.24) is 0 Å². The molecular formula is C15H20O2S. The zero-order valence-corrected chi connectivity index (χ0v) is 11.4. The Morgan fingerprint density at radius 1 is 1.33 bits per heavy atom. The molecule has 0 bridgehead atoms. The molecule has 3 rings (SSSR count). The second kappa shape index (κ2) is 5.54. The van der Waals surface area contributed by atoms with E-state index in [-0.39, 0.29) is 6.10 Å². The van der Waals surface area contributed by atoms with Crippen LogP contribution in [0.4, 0.5) is 0 Å². The number of rotatable bonds is 4. The maximum Gasteiger partial charge on any atom is 0.128 e. The van der Waals surface area contributed by atoms with Gasteiger partial charge in [0.2, 0.25) is 0 Å². The van der Waals surface area contributed by atoms with E-state index in [4.69, 9.17) is 4.74 Å². The van der Waals surface area contributed by atoms with Crippen LogP contribution in [0.25, 0.3) is 0 Å². The normalized spacial score (nSPS) is 20.7. The molecule has 1 saturated carbocycles. The predicted molar refractivity (Wildman–Crippen MR) is 75.3 cm³/mol. The molecule has 1 aliphatic carbocycles. The molecule has 18 heavy (non-hydrogen) atoms. The second-order valence-electron chi connectivity index (χ2n) is 5.19. The van der Waals surface area contributed by atoms with Gasteiger partial charge in [0.25, 0.3) is 0 Å². The van der Waals surface area contributed by atoms with Crippen molar-refractivity contribution in [1.29, 1.82) is 0 Å². The first-order valence-corrected chi connectivity index (χ1v) is 7.94. The summed E-state index contributed by atoms with van der Waals surface area (Å²) in [4.78, 5) is 0. The lowest BCUT2D eigenvalue weighted by Crippen LogP contribution is -2.06. The third-order valence-corrected chi connectivity index (χ3v) is 5.35. The molecule has 0 aromatic heterocycles. The Hall–Kier alpha value is -0.670. The van der Waals surface area contributed by atoms with E-state index < -0.39 is 0 Å². The first-order valence-electron chi connectivity index (χ1n) is 6.89. The highest BCUT2D eigenvalue weighted by Crippen LogP contribution is 2.37. The lowest BCUT2D eigenvalue weighted by molar-refractivity contribution is 0.198. The quantitative estimate of drug-likeness (QED) is 0.904. The largest absolute Gasteiger partial charge is 0.493 e. The fourth-order valence-corrected chi connectivity index (χ4v) is 4.18. The first kappa shape index (κ1) is 12.4. The molecule has 1 fully saturated rings.